The molecule has 2 rings (SSSR count). The maximum absolute atomic E-state index is 11.8. The molecule has 0 aromatic rings. The van der Waals surface area contributed by atoms with E-state index in [1.165, 1.54) is 25.7 Å². The van der Waals surface area contributed by atoms with Crippen molar-refractivity contribution in [1.29, 1.82) is 0 Å². The van der Waals surface area contributed by atoms with Crippen molar-refractivity contribution in [3.05, 3.63) is 0 Å². The van der Waals surface area contributed by atoms with E-state index in [-0.39, 0.29) is 11.9 Å². The zero-order valence-electron chi connectivity index (χ0n) is 9.50. The molecule has 3 heteroatoms. The van der Waals surface area contributed by atoms with Crippen LogP contribution in [-0.2, 0) is 9.53 Å². The molecule has 2 fully saturated rings. The molecule has 1 aliphatic carbocycles. The van der Waals surface area contributed by atoms with Crippen LogP contribution in [0.2, 0.25) is 0 Å². The fourth-order valence-corrected chi connectivity index (χ4v) is 3.10. The van der Waals surface area contributed by atoms with Crippen LogP contribution in [0.25, 0.3) is 0 Å². The Morgan fingerprint density at radius 2 is 2.13 bits per heavy atom. The number of ether oxygens (including phenoxy) is 1. The monoisotopic (exact) mass is 211 g/mol. The third-order valence-corrected chi connectivity index (χ3v) is 3.84. The Labute approximate surface area is 91.6 Å². The quantitative estimate of drug-likeness (QED) is 0.705. The molecule has 1 N–H and O–H groups in total. The molecule has 0 spiro atoms. The zero-order chi connectivity index (χ0) is 10.7. The normalized spacial score (nSPS) is 35.7. The highest BCUT2D eigenvalue weighted by Crippen LogP contribution is 2.37. The van der Waals surface area contributed by atoms with Crippen molar-refractivity contribution >= 4 is 5.97 Å². The maximum atomic E-state index is 11.8. The number of esters is 1. The highest BCUT2D eigenvalue weighted by Gasteiger charge is 2.39. The minimum atomic E-state index is 0.0154. The molecule has 2 aliphatic rings. The van der Waals surface area contributed by atoms with Crippen LogP contribution in [0.15, 0.2) is 0 Å². The highest BCUT2D eigenvalue weighted by atomic mass is 16.5. The summed E-state index contributed by atoms with van der Waals surface area (Å²) in [6.45, 7) is 4.31. The van der Waals surface area contributed by atoms with Crippen molar-refractivity contribution in [3.63, 3.8) is 0 Å². The van der Waals surface area contributed by atoms with E-state index in [1.54, 1.807) is 0 Å². The first-order chi connectivity index (χ1) is 7.33. The van der Waals surface area contributed by atoms with Crippen LogP contribution in [0, 0.1) is 17.8 Å². The van der Waals surface area contributed by atoms with Crippen LogP contribution < -0.4 is 5.32 Å². The van der Waals surface area contributed by atoms with Crippen LogP contribution in [0.1, 0.15) is 32.6 Å². The SMILES string of the molecule is CCOC(=O)[C@@H]1CNC[C@@H]2CCCC[C@@H]21. The zero-order valence-corrected chi connectivity index (χ0v) is 9.50. The number of rotatable bonds is 2. The van der Waals surface area contributed by atoms with E-state index in [9.17, 15) is 4.79 Å². The van der Waals surface area contributed by atoms with Crippen molar-refractivity contribution in [2.75, 3.05) is 19.7 Å². The Hall–Kier alpha value is -0.570. The lowest BCUT2D eigenvalue weighted by atomic mass is 9.70. The van der Waals surface area contributed by atoms with Crippen LogP contribution in [0.5, 0.6) is 0 Å². The van der Waals surface area contributed by atoms with Gasteiger partial charge in [-0.25, -0.2) is 0 Å². The molecule has 3 atom stereocenters. The van der Waals surface area contributed by atoms with Gasteiger partial charge in [0.05, 0.1) is 12.5 Å². The topological polar surface area (TPSA) is 38.3 Å². The Bertz CT molecular complexity index is 228. The van der Waals surface area contributed by atoms with Gasteiger partial charge in [0.25, 0.3) is 0 Å². The van der Waals surface area contributed by atoms with Gasteiger partial charge in [0.1, 0.15) is 0 Å². The Balaban J connectivity index is 2.00. The van der Waals surface area contributed by atoms with Gasteiger partial charge in [-0.2, -0.15) is 0 Å². The summed E-state index contributed by atoms with van der Waals surface area (Å²) < 4.78 is 5.15. The smallest absolute Gasteiger partial charge is 0.310 e. The van der Waals surface area contributed by atoms with Gasteiger partial charge in [-0.1, -0.05) is 12.8 Å². The predicted molar refractivity (Wildman–Crippen MR) is 58.4 cm³/mol. The molecular formula is C12H21NO2. The van der Waals surface area contributed by atoms with Crippen molar-refractivity contribution in [2.45, 2.75) is 32.6 Å². The highest BCUT2D eigenvalue weighted by molar-refractivity contribution is 5.73. The lowest BCUT2D eigenvalue weighted by Gasteiger charge is -2.40. The summed E-state index contributed by atoms with van der Waals surface area (Å²) >= 11 is 0. The van der Waals surface area contributed by atoms with Crippen molar-refractivity contribution in [1.82, 2.24) is 5.32 Å². The molecule has 3 nitrogen and oxygen atoms in total. The molecular weight excluding hydrogens is 190 g/mol. The van der Waals surface area contributed by atoms with E-state index in [4.69, 9.17) is 4.74 Å². The summed E-state index contributed by atoms with van der Waals surface area (Å²) in [6.07, 6.45) is 5.12. The molecule has 1 saturated carbocycles. The van der Waals surface area contributed by atoms with Crippen LogP contribution in [-0.4, -0.2) is 25.7 Å². The third kappa shape index (κ3) is 2.33. The van der Waals surface area contributed by atoms with Gasteiger partial charge >= 0.3 is 5.97 Å². The fraction of sp³-hybridized carbons (Fsp3) is 0.917. The predicted octanol–water partition coefficient (Wildman–Crippen LogP) is 1.58. The first-order valence-corrected chi connectivity index (χ1v) is 6.20. The van der Waals surface area contributed by atoms with Crippen LogP contribution in [0.3, 0.4) is 0 Å². The van der Waals surface area contributed by atoms with E-state index < -0.39 is 0 Å². The van der Waals surface area contributed by atoms with Crippen molar-refractivity contribution in [2.24, 2.45) is 17.8 Å². The molecule has 15 heavy (non-hydrogen) atoms. The molecule has 86 valence electrons. The first-order valence-electron chi connectivity index (χ1n) is 6.20. The lowest BCUT2D eigenvalue weighted by Crippen LogP contribution is -2.48. The van der Waals surface area contributed by atoms with E-state index in [0.29, 0.717) is 18.4 Å². The molecule has 1 aliphatic heterocycles. The number of fused-ring (bicyclic) bond motifs is 1. The summed E-state index contributed by atoms with van der Waals surface area (Å²) in [7, 11) is 0. The van der Waals surface area contributed by atoms with E-state index in [2.05, 4.69) is 5.32 Å². The number of carbonyl (C=O) groups is 1. The van der Waals surface area contributed by atoms with Gasteiger partial charge in [-0.15, -0.1) is 0 Å². The van der Waals surface area contributed by atoms with Gasteiger partial charge in [-0.3, -0.25) is 4.79 Å². The second-order valence-corrected chi connectivity index (χ2v) is 4.73. The fourth-order valence-electron chi connectivity index (χ4n) is 3.10. The maximum Gasteiger partial charge on any atom is 0.310 e. The molecule has 0 amide bonds. The van der Waals surface area contributed by atoms with Crippen LogP contribution >= 0.6 is 0 Å². The summed E-state index contributed by atoms with van der Waals surface area (Å²) in [6, 6.07) is 0. The summed E-state index contributed by atoms with van der Waals surface area (Å²) in [5.74, 6) is 1.42. The number of hydrogen-bond acceptors (Lipinski definition) is 3. The summed E-state index contributed by atoms with van der Waals surface area (Å²) in [4.78, 5) is 11.8. The van der Waals surface area contributed by atoms with Crippen molar-refractivity contribution < 1.29 is 9.53 Å². The molecule has 0 unspecified atom stereocenters. The second-order valence-electron chi connectivity index (χ2n) is 4.73. The molecule has 0 aromatic carbocycles. The van der Waals surface area contributed by atoms with Gasteiger partial charge in [0, 0.05) is 6.54 Å². The number of nitrogens with one attached hydrogen (secondary N) is 1. The van der Waals surface area contributed by atoms with Crippen molar-refractivity contribution in [3.8, 4) is 0 Å². The summed E-state index contributed by atoms with van der Waals surface area (Å²) in [5, 5.41) is 3.37. The van der Waals surface area contributed by atoms with E-state index in [1.807, 2.05) is 6.92 Å². The van der Waals surface area contributed by atoms with Crippen LogP contribution in [0.4, 0.5) is 0 Å². The largest absolute Gasteiger partial charge is 0.466 e. The van der Waals surface area contributed by atoms with E-state index >= 15 is 0 Å². The second kappa shape index (κ2) is 4.97. The number of carbonyl (C=O) groups excluding carboxylic acids is 1. The Morgan fingerprint density at radius 3 is 2.93 bits per heavy atom. The molecule has 0 aromatic heterocycles. The average molecular weight is 211 g/mol. The Kier molecular flexibility index (Phi) is 3.62. The first kappa shape index (κ1) is 10.9. The molecule has 0 radical (unpaired) electrons. The van der Waals surface area contributed by atoms with Gasteiger partial charge in [0.15, 0.2) is 0 Å². The van der Waals surface area contributed by atoms with E-state index in [0.717, 1.165) is 13.1 Å². The molecule has 1 saturated heterocycles. The summed E-state index contributed by atoms with van der Waals surface area (Å²) in [5.41, 5.74) is 0. The minimum Gasteiger partial charge on any atom is -0.466 e. The number of piperidine rings is 1. The molecule has 0 bridgehead atoms. The number of hydrogen-bond donors (Lipinski definition) is 1. The van der Waals surface area contributed by atoms with Gasteiger partial charge in [-0.05, 0) is 38.1 Å². The Morgan fingerprint density at radius 1 is 1.33 bits per heavy atom. The van der Waals surface area contributed by atoms with Gasteiger partial charge < -0.3 is 10.1 Å². The van der Waals surface area contributed by atoms with Gasteiger partial charge in [0.2, 0.25) is 0 Å². The standard InChI is InChI=1S/C12H21NO2/c1-2-15-12(14)11-8-13-7-9-5-3-4-6-10(9)11/h9-11,13H,2-8H2,1H3/t9-,10-,11+/m0/s1. The molecule has 1 heterocycles. The lowest BCUT2D eigenvalue weighted by molar-refractivity contribution is -0.152. The minimum absolute atomic E-state index is 0.0154. The third-order valence-electron chi connectivity index (χ3n) is 3.84. The average Bonchev–Trinajstić information content (AvgIpc) is 2.28.